The molecule has 0 aliphatic rings. The Balaban J connectivity index is 1.62. The number of nitrogens with one attached hydrogen (secondary N) is 2. The average molecular weight is 431 g/mol. The Morgan fingerprint density at radius 3 is 1.94 bits per heavy atom. The molecule has 0 fully saturated rings. The van der Waals surface area contributed by atoms with Gasteiger partial charge in [-0.05, 0) is 88.6 Å². The van der Waals surface area contributed by atoms with Crippen LogP contribution in [0.5, 0.6) is 5.75 Å². The number of ether oxygens (including phenoxy) is 1. The van der Waals surface area contributed by atoms with Gasteiger partial charge in [0, 0.05) is 16.9 Å². The summed E-state index contributed by atoms with van der Waals surface area (Å²) in [7, 11) is 0. The molecule has 0 aliphatic heterocycles. The molecule has 3 aromatic rings. The summed E-state index contributed by atoms with van der Waals surface area (Å²) in [5.41, 5.74) is 7.46. The first-order valence-electron chi connectivity index (χ1n) is 10.7. The summed E-state index contributed by atoms with van der Waals surface area (Å²) >= 11 is 0. The Morgan fingerprint density at radius 2 is 1.34 bits per heavy atom. The molecule has 5 nitrogen and oxygen atoms in total. The van der Waals surface area contributed by atoms with Gasteiger partial charge in [-0.1, -0.05) is 35.4 Å². The third-order valence-corrected chi connectivity index (χ3v) is 5.35. The minimum atomic E-state index is -0.690. The molecular formula is C27H30N2O3. The van der Waals surface area contributed by atoms with Crippen molar-refractivity contribution in [1.82, 2.24) is 0 Å². The van der Waals surface area contributed by atoms with Gasteiger partial charge in [-0.25, -0.2) is 0 Å². The molecule has 0 aromatic heterocycles. The van der Waals surface area contributed by atoms with Crippen LogP contribution in [-0.4, -0.2) is 17.9 Å². The number of hydrogen-bond donors (Lipinski definition) is 2. The normalized spacial score (nSPS) is 11.6. The van der Waals surface area contributed by atoms with Crippen molar-refractivity contribution in [3.8, 4) is 5.75 Å². The molecule has 0 bridgehead atoms. The first kappa shape index (κ1) is 23.1. The van der Waals surface area contributed by atoms with Gasteiger partial charge in [0.15, 0.2) is 6.10 Å². The molecule has 0 saturated carbocycles. The van der Waals surface area contributed by atoms with Crippen LogP contribution in [0.15, 0.2) is 54.6 Å². The van der Waals surface area contributed by atoms with Gasteiger partial charge in [-0.2, -0.15) is 0 Å². The molecule has 3 rings (SSSR count). The third kappa shape index (κ3) is 5.55. The summed E-state index contributed by atoms with van der Waals surface area (Å²) in [6.45, 7) is 11.7. The highest BCUT2D eigenvalue weighted by atomic mass is 16.5. The van der Waals surface area contributed by atoms with E-state index in [1.807, 2.05) is 65.0 Å². The number of carbonyl (C=O) groups is 2. The molecular weight excluding hydrogens is 400 g/mol. The zero-order chi connectivity index (χ0) is 23.4. The molecule has 2 N–H and O–H groups in total. The number of hydrogen-bond acceptors (Lipinski definition) is 3. The van der Waals surface area contributed by atoms with Gasteiger partial charge in [0.1, 0.15) is 5.75 Å². The van der Waals surface area contributed by atoms with Gasteiger partial charge >= 0.3 is 0 Å². The summed E-state index contributed by atoms with van der Waals surface area (Å²) in [4.78, 5) is 25.2. The molecule has 2 amide bonds. The Morgan fingerprint density at radius 1 is 0.750 bits per heavy atom. The van der Waals surface area contributed by atoms with E-state index in [1.165, 1.54) is 0 Å². The van der Waals surface area contributed by atoms with E-state index in [0.717, 1.165) is 39.2 Å². The average Bonchev–Trinajstić information content (AvgIpc) is 2.73. The van der Waals surface area contributed by atoms with Crippen molar-refractivity contribution in [3.63, 3.8) is 0 Å². The van der Waals surface area contributed by atoms with Crippen LogP contribution in [0.3, 0.4) is 0 Å². The van der Waals surface area contributed by atoms with E-state index in [4.69, 9.17) is 4.74 Å². The molecule has 5 heteroatoms. The van der Waals surface area contributed by atoms with Crippen LogP contribution in [0.2, 0.25) is 0 Å². The number of benzene rings is 3. The van der Waals surface area contributed by atoms with Gasteiger partial charge in [-0.15, -0.1) is 0 Å². The third-order valence-electron chi connectivity index (χ3n) is 5.35. The highest BCUT2D eigenvalue weighted by Gasteiger charge is 2.17. The second-order valence-corrected chi connectivity index (χ2v) is 8.32. The Kier molecular flexibility index (Phi) is 6.98. The molecule has 1 unspecified atom stereocenters. The van der Waals surface area contributed by atoms with Crippen molar-refractivity contribution in [2.45, 2.75) is 47.6 Å². The van der Waals surface area contributed by atoms with Crippen LogP contribution in [0.4, 0.5) is 11.4 Å². The molecule has 0 spiro atoms. The van der Waals surface area contributed by atoms with E-state index in [9.17, 15) is 9.59 Å². The molecule has 0 saturated heterocycles. The van der Waals surface area contributed by atoms with Crippen LogP contribution >= 0.6 is 0 Å². The second-order valence-electron chi connectivity index (χ2n) is 8.32. The fraction of sp³-hybridized carbons (Fsp3) is 0.259. The van der Waals surface area contributed by atoms with Crippen molar-refractivity contribution in [1.29, 1.82) is 0 Å². The fourth-order valence-electron chi connectivity index (χ4n) is 3.69. The van der Waals surface area contributed by atoms with Crippen LogP contribution in [0.1, 0.15) is 45.1 Å². The van der Waals surface area contributed by atoms with E-state index < -0.39 is 6.10 Å². The van der Waals surface area contributed by atoms with E-state index in [-0.39, 0.29) is 11.8 Å². The molecule has 0 aliphatic carbocycles. The summed E-state index contributed by atoms with van der Waals surface area (Å²) < 4.78 is 5.79. The standard InChI is InChI=1S/C27H30N2O3/c1-16-7-12-24(18(3)13-16)28-27(31)22-8-10-23(11-9-22)32-21(6)26(30)29-25-19(4)14-17(2)15-20(25)5/h7-15,21H,1-6H3,(H,28,31)(H,29,30). The predicted octanol–water partition coefficient (Wildman–Crippen LogP) is 5.89. The molecule has 1 atom stereocenters. The number of rotatable bonds is 6. The maximum atomic E-state index is 12.6. The Bertz CT molecular complexity index is 1130. The maximum Gasteiger partial charge on any atom is 0.265 e. The van der Waals surface area contributed by atoms with E-state index in [1.54, 1.807) is 31.2 Å². The van der Waals surface area contributed by atoms with Crippen LogP contribution in [-0.2, 0) is 4.79 Å². The van der Waals surface area contributed by atoms with Crippen molar-refractivity contribution < 1.29 is 14.3 Å². The van der Waals surface area contributed by atoms with Crippen molar-refractivity contribution >= 4 is 23.2 Å². The number of carbonyl (C=O) groups excluding carboxylic acids is 2. The summed E-state index contributed by atoms with van der Waals surface area (Å²) in [5, 5.41) is 5.89. The zero-order valence-electron chi connectivity index (χ0n) is 19.5. The smallest absolute Gasteiger partial charge is 0.265 e. The zero-order valence-corrected chi connectivity index (χ0v) is 19.5. The lowest BCUT2D eigenvalue weighted by Gasteiger charge is -2.18. The van der Waals surface area contributed by atoms with Gasteiger partial charge in [-0.3, -0.25) is 9.59 Å². The Labute approximate surface area is 189 Å². The maximum absolute atomic E-state index is 12.6. The lowest BCUT2D eigenvalue weighted by molar-refractivity contribution is -0.122. The first-order valence-corrected chi connectivity index (χ1v) is 10.7. The van der Waals surface area contributed by atoms with Crippen LogP contribution in [0.25, 0.3) is 0 Å². The van der Waals surface area contributed by atoms with Crippen LogP contribution in [0, 0.1) is 34.6 Å². The van der Waals surface area contributed by atoms with E-state index in [2.05, 4.69) is 10.6 Å². The number of amides is 2. The molecule has 0 heterocycles. The monoisotopic (exact) mass is 430 g/mol. The van der Waals surface area contributed by atoms with Crippen molar-refractivity contribution in [3.05, 3.63) is 88.0 Å². The van der Waals surface area contributed by atoms with Crippen LogP contribution < -0.4 is 15.4 Å². The minimum absolute atomic E-state index is 0.195. The number of aryl methyl sites for hydroxylation is 5. The van der Waals surface area contributed by atoms with Gasteiger partial charge in [0.2, 0.25) is 0 Å². The largest absolute Gasteiger partial charge is 0.481 e. The molecule has 32 heavy (non-hydrogen) atoms. The van der Waals surface area contributed by atoms with Crippen molar-refractivity contribution in [2.75, 3.05) is 10.6 Å². The second kappa shape index (κ2) is 9.69. The highest BCUT2D eigenvalue weighted by Crippen LogP contribution is 2.23. The molecule has 0 radical (unpaired) electrons. The predicted molar refractivity (Wildman–Crippen MR) is 130 cm³/mol. The summed E-state index contributed by atoms with van der Waals surface area (Å²) in [5.74, 6) is 0.101. The molecule has 3 aromatic carbocycles. The number of anilines is 2. The SMILES string of the molecule is Cc1ccc(NC(=O)c2ccc(OC(C)C(=O)Nc3c(C)cc(C)cc3C)cc2)c(C)c1. The Hall–Kier alpha value is -3.60. The fourth-order valence-corrected chi connectivity index (χ4v) is 3.69. The lowest BCUT2D eigenvalue weighted by atomic mass is 10.0. The topological polar surface area (TPSA) is 67.4 Å². The van der Waals surface area contributed by atoms with Gasteiger partial charge in [0.25, 0.3) is 11.8 Å². The molecule has 166 valence electrons. The summed E-state index contributed by atoms with van der Waals surface area (Å²) in [6, 6.07) is 16.7. The quantitative estimate of drug-likeness (QED) is 0.513. The first-order chi connectivity index (χ1) is 15.1. The van der Waals surface area contributed by atoms with Gasteiger partial charge < -0.3 is 15.4 Å². The van der Waals surface area contributed by atoms with E-state index >= 15 is 0 Å². The summed E-state index contributed by atoms with van der Waals surface area (Å²) in [6.07, 6.45) is -0.690. The highest BCUT2D eigenvalue weighted by molar-refractivity contribution is 6.04. The minimum Gasteiger partial charge on any atom is -0.481 e. The lowest BCUT2D eigenvalue weighted by Crippen LogP contribution is -2.30. The van der Waals surface area contributed by atoms with E-state index in [0.29, 0.717) is 11.3 Å². The van der Waals surface area contributed by atoms with Crippen molar-refractivity contribution in [2.24, 2.45) is 0 Å². The van der Waals surface area contributed by atoms with Gasteiger partial charge in [0.05, 0.1) is 0 Å².